The van der Waals surface area contributed by atoms with E-state index in [1.165, 1.54) is 6.42 Å². The van der Waals surface area contributed by atoms with Gasteiger partial charge in [-0.2, -0.15) is 0 Å². The lowest BCUT2D eigenvalue weighted by atomic mass is 9.75. The number of carbonyl (C=O) groups is 2. The van der Waals surface area contributed by atoms with E-state index < -0.39 is 46.3 Å². The van der Waals surface area contributed by atoms with Crippen LogP contribution in [0.5, 0.6) is 0 Å². The third-order valence-electron chi connectivity index (χ3n) is 8.42. The molecular formula is C23H33BrO7. The van der Waals surface area contributed by atoms with E-state index in [-0.39, 0.29) is 12.2 Å². The van der Waals surface area contributed by atoms with E-state index in [4.69, 9.17) is 18.9 Å². The molecule has 5 fully saturated rings. The van der Waals surface area contributed by atoms with Gasteiger partial charge in [-0.1, -0.05) is 56.0 Å². The van der Waals surface area contributed by atoms with Crippen LogP contribution in [-0.2, 0) is 28.5 Å². The van der Waals surface area contributed by atoms with E-state index in [9.17, 15) is 14.7 Å². The molecule has 3 saturated carbocycles. The summed E-state index contributed by atoms with van der Waals surface area (Å²) in [5.74, 6) is -0.522. The minimum Gasteiger partial charge on any atom is -0.434 e. The SMILES string of the molecule is CC(C)[C@@H]1CC[C@@H](C)C[C@H]1O[C@@H]1OC(=O)[C@@]2([C@H]3[C@@H](O)OC(=O)[C@]32Br)[C@H]1OC1CCCC1. The number of halogens is 1. The van der Waals surface area contributed by atoms with Crippen molar-refractivity contribution >= 4 is 27.9 Å². The summed E-state index contributed by atoms with van der Waals surface area (Å²) in [6, 6.07) is 0. The molecule has 8 heteroatoms. The van der Waals surface area contributed by atoms with Gasteiger partial charge in [0.1, 0.15) is 11.5 Å². The Morgan fingerprint density at radius 1 is 1.06 bits per heavy atom. The van der Waals surface area contributed by atoms with Crippen molar-refractivity contribution in [3.8, 4) is 0 Å². The first-order chi connectivity index (χ1) is 14.7. The quantitative estimate of drug-likeness (QED) is 0.457. The molecule has 0 unspecified atom stereocenters. The van der Waals surface area contributed by atoms with Gasteiger partial charge >= 0.3 is 11.9 Å². The van der Waals surface area contributed by atoms with E-state index in [1.54, 1.807) is 0 Å². The third kappa shape index (κ3) is 3.07. The van der Waals surface area contributed by atoms with Crippen LogP contribution in [0.2, 0.25) is 0 Å². The van der Waals surface area contributed by atoms with E-state index in [1.807, 2.05) is 0 Å². The number of fused-ring (bicyclic) bond motifs is 3. The van der Waals surface area contributed by atoms with Crippen molar-refractivity contribution in [2.24, 2.45) is 29.1 Å². The maximum Gasteiger partial charge on any atom is 0.327 e. The van der Waals surface area contributed by atoms with Crippen molar-refractivity contribution in [2.75, 3.05) is 0 Å². The van der Waals surface area contributed by atoms with Crippen LogP contribution in [0.4, 0.5) is 0 Å². The summed E-state index contributed by atoms with van der Waals surface area (Å²) < 4.78 is 22.5. The number of hydrogen-bond acceptors (Lipinski definition) is 7. The molecule has 0 aromatic carbocycles. The van der Waals surface area contributed by atoms with Gasteiger partial charge < -0.3 is 24.1 Å². The smallest absolute Gasteiger partial charge is 0.327 e. The zero-order valence-electron chi connectivity index (χ0n) is 18.4. The Kier molecular flexibility index (Phi) is 5.47. The third-order valence-corrected chi connectivity index (χ3v) is 9.89. The molecule has 7 nitrogen and oxygen atoms in total. The molecule has 2 aliphatic heterocycles. The summed E-state index contributed by atoms with van der Waals surface area (Å²) in [7, 11) is 0. The molecule has 0 radical (unpaired) electrons. The van der Waals surface area contributed by atoms with Gasteiger partial charge in [0.05, 0.1) is 18.1 Å². The van der Waals surface area contributed by atoms with Crippen molar-refractivity contribution < 1.29 is 33.6 Å². The van der Waals surface area contributed by atoms with Gasteiger partial charge in [-0.15, -0.1) is 0 Å². The van der Waals surface area contributed by atoms with Crippen LogP contribution in [0.3, 0.4) is 0 Å². The first-order valence-electron chi connectivity index (χ1n) is 11.8. The Morgan fingerprint density at radius 2 is 1.77 bits per heavy atom. The second-order valence-electron chi connectivity index (χ2n) is 10.6. The first kappa shape index (κ1) is 22.1. The Hall–Kier alpha value is -0.700. The fraction of sp³-hybridized carbons (Fsp3) is 0.913. The van der Waals surface area contributed by atoms with Gasteiger partial charge in [-0.3, -0.25) is 9.59 Å². The van der Waals surface area contributed by atoms with E-state index in [0.717, 1.165) is 38.5 Å². The zero-order valence-corrected chi connectivity index (χ0v) is 20.0. The number of esters is 2. The number of carbonyl (C=O) groups excluding carboxylic acids is 2. The Morgan fingerprint density at radius 3 is 2.39 bits per heavy atom. The first-order valence-corrected chi connectivity index (χ1v) is 12.6. The van der Waals surface area contributed by atoms with Gasteiger partial charge in [0.15, 0.2) is 4.32 Å². The molecule has 174 valence electrons. The molecule has 1 spiro atoms. The minimum absolute atomic E-state index is 0.000704. The molecule has 9 atom stereocenters. The molecule has 0 aromatic heterocycles. The molecule has 1 N–H and O–H groups in total. The average molecular weight is 501 g/mol. The number of aliphatic hydroxyl groups is 1. The van der Waals surface area contributed by atoms with E-state index in [0.29, 0.717) is 17.8 Å². The Bertz CT molecular complexity index is 752. The highest BCUT2D eigenvalue weighted by atomic mass is 79.9. The topological polar surface area (TPSA) is 91.3 Å². The fourth-order valence-electron chi connectivity index (χ4n) is 6.67. The summed E-state index contributed by atoms with van der Waals surface area (Å²) >= 11 is 3.46. The van der Waals surface area contributed by atoms with Crippen molar-refractivity contribution in [1.82, 2.24) is 0 Å². The molecule has 31 heavy (non-hydrogen) atoms. The number of ether oxygens (including phenoxy) is 4. The average Bonchev–Trinajstić information content (AvgIpc) is 3.03. The monoisotopic (exact) mass is 500 g/mol. The van der Waals surface area contributed by atoms with Gasteiger partial charge in [0.2, 0.25) is 12.6 Å². The van der Waals surface area contributed by atoms with Crippen LogP contribution < -0.4 is 0 Å². The summed E-state index contributed by atoms with van der Waals surface area (Å²) in [5, 5.41) is 10.4. The molecular weight excluding hydrogens is 468 g/mol. The van der Waals surface area contributed by atoms with Crippen molar-refractivity contribution in [3.63, 3.8) is 0 Å². The van der Waals surface area contributed by atoms with Gasteiger partial charge in [-0.25, -0.2) is 0 Å². The Labute approximate surface area is 191 Å². The standard InChI is InChI=1S/C23H33BrO7/c1-11(2)14-9-8-12(3)10-15(14)29-19-17(28-13-6-4-5-7-13)22(20(26)31-19)16-18(25)30-21(27)23(16,22)24/h11-19,25H,4-10H2,1-3H3/t12-,14+,15-,16-,17+,18+,19-,22-,23-/m1/s1. The molecule has 0 aromatic rings. The number of hydrogen-bond donors (Lipinski definition) is 1. The van der Waals surface area contributed by atoms with E-state index in [2.05, 4.69) is 36.7 Å². The van der Waals surface area contributed by atoms with Crippen LogP contribution in [-0.4, -0.2) is 52.3 Å². The summed E-state index contributed by atoms with van der Waals surface area (Å²) in [6.07, 6.45) is 4.12. The number of cyclic esters (lactones) is 2. The number of aliphatic hydroxyl groups excluding tert-OH is 1. The fourth-order valence-corrected chi connectivity index (χ4v) is 7.87. The highest BCUT2D eigenvalue weighted by Crippen LogP contribution is 2.77. The molecule has 3 aliphatic carbocycles. The maximum atomic E-state index is 13.3. The molecule has 0 bridgehead atoms. The molecule has 0 amide bonds. The second-order valence-corrected chi connectivity index (χ2v) is 11.8. The predicted octanol–water partition coefficient (Wildman–Crippen LogP) is 3.30. The molecule has 2 heterocycles. The number of alkyl halides is 1. The van der Waals surface area contributed by atoms with Crippen molar-refractivity contribution in [2.45, 2.75) is 101 Å². The van der Waals surface area contributed by atoms with Gasteiger partial charge in [-0.05, 0) is 43.4 Å². The van der Waals surface area contributed by atoms with Crippen LogP contribution in [0.25, 0.3) is 0 Å². The van der Waals surface area contributed by atoms with Gasteiger partial charge in [0.25, 0.3) is 0 Å². The lowest BCUT2D eigenvalue weighted by Crippen LogP contribution is -2.46. The molecule has 5 rings (SSSR count). The lowest BCUT2D eigenvalue weighted by Gasteiger charge is -2.39. The van der Waals surface area contributed by atoms with Crippen LogP contribution >= 0.6 is 15.9 Å². The van der Waals surface area contributed by atoms with Crippen LogP contribution in [0.15, 0.2) is 0 Å². The van der Waals surface area contributed by atoms with Crippen molar-refractivity contribution in [3.05, 3.63) is 0 Å². The number of rotatable bonds is 5. The van der Waals surface area contributed by atoms with Crippen molar-refractivity contribution in [1.29, 1.82) is 0 Å². The van der Waals surface area contributed by atoms with E-state index >= 15 is 0 Å². The summed E-state index contributed by atoms with van der Waals surface area (Å²) in [4.78, 5) is 25.8. The van der Waals surface area contributed by atoms with Crippen LogP contribution in [0, 0.1) is 29.1 Å². The minimum atomic E-state index is -1.36. The largest absolute Gasteiger partial charge is 0.434 e. The molecule has 5 aliphatic rings. The Balaban J connectivity index is 1.45. The highest BCUT2D eigenvalue weighted by Gasteiger charge is 2.96. The molecule has 2 saturated heterocycles. The highest BCUT2D eigenvalue weighted by molar-refractivity contribution is 9.10. The van der Waals surface area contributed by atoms with Gasteiger partial charge in [0, 0.05) is 0 Å². The zero-order chi connectivity index (χ0) is 22.1. The normalized spacial score (nSPS) is 49.5. The second kappa shape index (κ2) is 7.67. The predicted molar refractivity (Wildman–Crippen MR) is 113 cm³/mol. The van der Waals surface area contributed by atoms with Crippen LogP contribution in [0.1, 0.15) is 65.7 Å². The summed E-state index contributed by atoms with van der Waals surface area (Å²) in [6.45, 7) is 6.64. The maximum absolute atomic E-state index is 13.3. The lowest BCUT2D eigenvalue weighted by molar-refractivity contribution is -0.221. The summed E-state index contributed by atoms with van der Waals surface area (Å²) in [5.41, 5.74) is -1.30.